The van der Waals surface area contributed by atoms with Gasteiger partial charge in [-0.1, -0.05) is 13.8 Å². The molecule has 2 fully saturated rings. The Kier molecular flexibility index (Phi) is 2.85. The lowest BCUT2D eigenvalue weighted by atomic mass is 10.0. The van der Waals surface area contributed by atoms with Crippen LogP contribution in [0.5, 0.6) is 0 Å². The summed E-state index contributed by atoms with van der Waals surface area (Å²) in [6.07, 6.45) is 4.15. The maximum Gasteiger partial charge on any atom is 0.0193 e. The van der Waals surface area contributed by atoms with Crippen molar-refractivity contribution < 1.29 is 0 Å². The molecule has 2 rings (SSSR count). The Balaban J connectivity index is 1.87. The topological polar surface area (TPSA) is 15.3 Å². The zero-order chi connectivity index (χ0) is 10.2. The van der Waals surface area contributed by atoms with Crippen molar-refractivity contribution in [3.8, 4) is 0 Å². The highest BCUT2D eigenvalue weighted by Crippen LogP contribution is 2.45. The first-order chi connectivity index (χ1) is 6.63. The van der Waals surface area contributed by atoms with Gasteiger partial charge in [-0.15, -0.1) is 0 Å². The first-order valence-electron chi connectivity index (χ1n) is 6.10. The Morgan fingerprint density at radius 2 is 2.14 bits per heavy atom. The largest absolute Gasteiger partial charge is 0.311 e. The van der Waals surface area contributed by atoms with Crippen LogP contribution in [0.3, 0.4) is 0 Å². The molecule has 2 unspecified atom stereocenters. The van der Waals surface area contributed by atoms with Crippen molar-refractivity contribution in [1.29, 1.82) is 0 Å². The Hall–Kier alpha value is -0.0800. The van der Waals surface area contributed by atoms with Crippen LogP contribution < -0.4 is 5.32 Å². The van der Waals surface area contributed by atoms with Crippen LogP contribution in [0.2, 0.25) is 0 Å². The molecule has 14 heavy (non-hydrogen) atoms. The van der Waals surface area contributed by atoms with Gasteiger partial charge in [0.15, 0.2) is 0 Å². The Bertz CT molecular complexity index is 198. The molecule has 2 heteroatoms. The van der Waals surface area contributed by atoms with Gasteiger partial charge in [0.2, 0.25) is 0 Å². The molecule has 2 aliphatic rings. The van der Waals surface area contributed by atoms with E-state index in [1.165, 1.54) is 38.9 Å². The number of nitrogens with zero attached hydrogens (tertiary/aromatic N) is 1. The molecule has 1 heterocycles. The van der Waals surface area contributed by atoms with Gasteiger partial charge in [-0.05, 0) is 31.6 Å². The third kappa shape index (κ3) is 2.29. The van der Waals surface area contributed by atoms with E-state index in [0.29, 0.717) is 5.41 Å². The van der Waals surface area contributed by atoms with Crippen molar-refractivity contribution in [2.24, 2.45) is 5.41 Å². The lowest BCUT2D eigenvalue weighted by molar-refractivity contribution is 0.116. The number of hydrogen-bond acceptors (Lipinski definition) is 2. The summed E-state index contributed by atoms with van der Waals surface area (Å²) in [6.45, 7) is 10.8. The highest BCUT2D eigenvalue weighted by molar-refractivity contribution is 4.94. The maximum atomic E-state index is 3.61. The first kappa shape index (κ1) is 10.4. The van der Waals surface area contributed by atoms with Gasteiger partial charge in [-0.3, -0.25) is 4.90 Å². The molecule has 0 bridgehead atoms. The molecular formula is C12H24N2. The quantitative estimate of drug-likeness (QED) is 0.741. The van der Waals surface area contributed by atoms with E-state index in [9.17, 15) is 0 Å². The molecule has 0 aromatic carbocycles. The SMILES string of the molecule is CCC1CN(CC2(C)CC2)C(C)CN1. The van der Waals surface area contributed by atoms with Crippen molar-refractivity contribution in [2.45, 2.75) is 52.1 Å². The summed E-state index contributed by atoms with van der Waals surface area (Å²) in [5.74, 6) is 0. The number of hydrogen-bond donors (Lipinski definition) is 1. The van der Waals surface area contributed by atoms with E-state index >= 15 is 0 Å². The van der Waals surface area contributed by atoms with Crippen LogP contribution >= 0.6 is 0 Å². The van der Waals surface area contributed by atoms with Crippen molar-refractivity contribution in [3.05, 3.63) is 0 Å². The van der Waals surface area contributed by atoms with Gasteiger partial charge in [-0.25, -0.2) is 0 Å². The van der Waals surface area contributed by atoms with E-state index in [4.69, 9.17) is 0 Å². The number of rotatable bonds is 3. The van der Waals surface area contributed by atoms with E-state index in [1.54, 1.807) is 0 Å². The van der Waals surface area contributed by atoms with Gasteiger partial charge in [0.1, 0.15) is 0 Å². The molecular weight excluding hydrogens is 172 g/mol. The summed E-state index contributed by atoms with van der Waals surface area (Å²) in [6, 6.07) is 1.46. The molecule has 1 aliphatic heterocycles. The highest BCUT2D eigenvalue weighted by Gasteiger charge is 2.40. The smallest absolute Gasteiger partial charge is 0.0193 e. The summed E-state index contributed by atoms with van der Waals surface area (Å²) in [7, 11) is 0. The lowest BCUT2D eigenvalue weighted by Gasteiger charge is -2.40. The van der Waals surface area contributed by atoms with Crippen LogP contribution in [-0.2, 0) is 0 Å². The fraction of sp³-hybridized carbons (Fsp3) is 1.00. The predicted octanol–water partition coefficient (Wildman–Crippen LogP) is 1.86. The van der Waals surface area contributed by atoms with Crippen LogP contribution in [0.15, 0.2) is 0 Å². The lowest BCUT2D eigenvalue weighted by Crippen LogP contribution is -2.56. The third-order valence-corrected chi connectivity index (χ3v) is 3.96. The summed E-state index contributed by atoms with van der Waals surface area (Å²) >= 11 is 0. The average Bonchev–Trinajstić information content (AvgIpc) is 2.88. The number of nitrogens with one attached hydrogen (secondary N) is 1. The first-order valence-corrected chi connectivity index (χ1v) is 6.10. The molecule has 0 radical (unpaired) electrons. The van der Waals surface area contributed by atoms with E-state index in [2.05, 4.69) is 31.0 Å². The normalized spacial score (nSPS) is 37.1. The third-order valence-electron chi connectivity index (χ3n) is 3.96. The average molecular weight is 196 g/mol. The molecule has 1 saturated heterocycles. The molecule has 0 spiro atoms. The van der Waals surface area contributed by atoms with Gasteiger partial charge in [0.05, 0.1) is 0 Å². The fourth-order valence-corrected chi connectivity index (χ4v) is 2.35. The predicted molar refractivity (Wildman–Crippen MR) is 60.5 cm³/mol. The van der Waals surface area contributed by atoms with E-state index in [-0.39, 0.29) is 0 Å². The van der Waals surface area contributed by atoms with Crippen molar-refractivity contribution in [1.82, 2.24) is 10.2 Å². The van der Waals surface area contributed by atoms with Crippen LogP contribution in [0.4, 0.5) is 0 Å². The molecule has 0 aromatic rings. The maximum absolute atomic E-state index is 3.61. The summed E-state index contributed by atoms with van der Waals surface area (Å²) in [4.78, 5) is 2.69. The molecule has 2 nitrogen and oxygen atoms in total. The van der Waals surface area contributed by atoms with E-state index in [1.807, 2.05) is 0 Å². The summed E-state index contributed by atoms with van der Waals surface area (Å²) < 4.78 is 0. The van der Waals surface area contributed by atoms with Crippen molar-refractivity contribution >= 4 is 0 Å². The second-order valence-corrected chi connectivity index (χ2v) is 5.60. The second kappa shape index (κ2) is 3.82. The molecule has 0 aromatic heterocycles. The summed E-state index contributed by atoms with van der Waals surface area (Å²) in [5, 5.41) is 3.61. The standard InChI is InChI=1S/C12H24N2/c1-4-11-8-14(10(2)7-13-11)9-12(3)5-6-12/h10-11,13H,4-9H2,1-3H3. The van der Waals surface area contributed by atoms with Crippen LogP contribution in [0, 0.1) is 5.41 Å². The van der Waals surface area contributed by atoms with Crippen LogP contribution in [0.25, 0.3) is 0 Å². The molecule has 82 valence electrons. The molecule has 0 amide bonds. The minimum atomic E-state index is 0.671. The molecule has 1 aliphatic carbocycles. The van der Waals surface area contributed by atoms with Gasteiger partial charge in [-0.2, -0.15) is 0 Å². The molecule has 1 saturated carbocycles. The Labute approximate surface area is 88.1 Å². The zero-order valence-corrected chi connectivity index (χ0v) is 9.84. The molecule has 2 atom stereocenters. The minimum Gasteiger partial charge on any atom is -0.311 e. The molecule has 1 N–H and O–H groups in total. The van der Waals surface area contributed by atoms with Crippen molar-refractivity contribution in [3.63, 3.8) is 0 Å². The summed E-state index contributed by atoms with van der Waals surface area (Å²) in [5.41, 5.74) is 0.671. The van der Waals surface area contributed by atoms with Gasteiger partial charge in [0.25, 0.3) is 0 Å². The van der Waals surface area contributed by atoms with E-state index in [0.717, 1.165) is 12.1 Å². The van der Waals surface area contributed by atoms with Gasteiger partial charge >= 0.3 is 0 Å². The fourth-order valence-electron chi connectivity index (χ4n) is 2.35. The monoisotopic (exact) mass is 196 g/mol. The zero-order valence-electron chi connectivity index (χ0n) is 9.84. The van der Waals surface area contributed by atoms with E-state index < -0.39 is 0 Å². The number of piperazine rings is 1. The van der Waals surface area contributed by atoms with Crippen molar-refractivity contribution in [2.75, 3.05) is 19.6 Å². The van der Waals surface area contributed by atoms with Gasteiger partial charge in [0, 0.05) is 31.7 Å². The minimum absolute atomic E-state index is 0.671. The second-order valence-electron chi connectivity index (χ2n) is 5.60. The Morgan fingerprint density at radius 3 is 2.71 bits per heavy atom. The van der Waals surface area contributed by atoms with Crippen LogP contribution in [-0.4, -0.2) is 36.6 Å². The van der Waals surface area contributed by atoms with Gasteiger partial charge < -0.3 is 5.32 Å². The Morgan fingerprint density at radius 1 is 1.43 bits per heavy atom. The van der Waals surface area contributed by atoms with Crippen LogP contribution in [0.1, 0.15) is 40.0 Å². The highest BCUT2D eigenvalue weighted by atomic mass is 15.2.